The topological polar surface area (TPSA) is 51.0 Å². The van der Waals surface area contributed by atoms with Crippen molar-refractivity contribution in [1.29, 1.82) is 0 Å². The van der Waals surface area contributed by atoms with E-state index in [2.05, 4.69) is 26.7 Å². The number of imidazole rings is 1. The van der Waals surface area contributed by atoms with Crippen molar-refractivity contribution in [2.45, 2.75) is 20.4 Å². The maximum absolute atomic E-state index is 11.5. The summed E-state index contributed by atoms with van der Waals surface area (Å²) in [5.41, 5.74) is 3.62. The van der Waals surface area contributed by atoms with Gasteiger partial charge in [0.25, 0.3) is 0 Å². The number of pyridine rings is 1. The molecule has 3 aromatic rings. The highest BCUT2D eigenvalue weighted by molar-refractivity contribution is 5.92. The van der Waals surface area contributed by atoms with Crippen LogP contribution >= 0.6 is 0 Å². The molecule has 0 saturated heterocycles. The van der Waals surface area contributed by atoms with Crippen LogP contribution in [0.15, 0.2) is 42.6 Å². The van der Waals surface area contributed by atoms with Crippen LogP contribution in [0.4, 0.5) is 5.69 Å². The molecule has 0 aliphatic carbocycles. The summed E-state index contributed by atoms with van der Waals surface area (Å²) < 4.78 is 2.12. The molecule has 0 bridgehead atoms. The molecule has 0 unspecified atom stereocenters. The van der Waals surface area contributed by atoms with Crippen LogP contribution in [0.25, 0.3) is 11.2 Å². The number of amides is 1. The third kappa shape index (κ3) is 2.57. The van der Waals surface area contributed by atoms with Gasteiger partial charge in [-0.1, -0.05) is 30.3 Å². The maximum atomic E-state index is 11.5. The van der Waals surface area contributed by atoms with Crippen molar-refractivity contribution in [3.8, 4) is 0 Å². The van der Waals surface area contributed by atoms with Crippen molar-refractivity contribution >= 4 is 22.8 Å². The van der Waals surface area contributed by atoms with Crippen LogP contribution in [0, 0.1) is 6.92 Å². The average Bonchev–Trinajstić information content (AvgIpc) is 2.83. The number of carbonyl (C=O) groups excluding carboxylic acids is 1. The first kappa shape index (κ1) is 14.3. The highest BCUT2D eigenvalue weighted by Gasteiger charge is 2.13. The fourth-order valence-electron chi connectivity index (χ4n) is 2.44. The van der Waals surface area contributed by atoms with Crippen molar-refractivity contribution in [2.75, 3.05) is 11.9 Å². The molecule has 2 heterocycles. The molecule has 0 aliphatic rings. The van der Waals surface area contributed by atoms with E-state index in [-0.39, 0.29) is 5.91 Å². The lowest BCUT2D eigenvalue weighted by Gasteiger charge is -2.15. The zero-order chi connectivity index (χ0) is 15.7. The number of aromatic nitrogens is 3. The van der Waals surface area contributed by atoms with Crippen LogP contribution < -0.4 is 4.90 Å². The molecule has 0 radical (unpaired) electrons. The van der Waals surface area contributed by atoms with E-state index in [1.165, 1.54) is 12.5 Å². The maximum Gasteiger partial charge on any atom is 0.223 e. The number of benzene rings is 1. The Bertz CT molecular complexity index is 823. The summed E-state index contributed by atoms with van der Waals surface area (Å²) in [6.45, 7) is 4.24. The first-order valence-corrected chi connectivity index (χ1v) is 7.17. The second-order valence-corrected chi connectivity index (χ2v) is 5.35. The van der Waals surface area contributed by atoms with Crippen LogP contribution in [-0.4, -0.2) is 27.5 Å². The molecule has 1 amide bonds. The van der Waals surface area contributed by atoms with Crippen molar-refractivity contribution in [2.24, 2.45) is 0 Å². The Hall–Kier alpha value is -2.69. The number of anilines is 1. The predicted molar refractivity (Wildman–Crippen MR) is 86.9 cm³/mol. The molecule has 0 fully saturated rings. The quantitative estimate of drug-likeness (QED) is 0.746. The number of hydrogen-bond acceptors (Lipinski definition) is 3. The molecule has 2 aromatic heterocycles. The van der Waals surface area contributed by atoms with E-state index < -0.39 is 0 Å². The summed E-state index contributed by atoms with van der Waals surface area (Å²) in [6.07, 6.45) is 1.68. The van der Waals surface area contributed by atoms with Gasteiger partial charge in [0, 0.05) is 20.5 Å². The highest BCUT2D eigenvalue weighted by atomic mass is 16.2. The average molecular weight is 294 g/mol. The van der Waals surface area contributed by atoms with E-state index in [4.69, 9.17) is 0 Å². The third-order valence-electron chi connectivity index (χ3n) is 3.83. The Morgan fingerprint density at radius 2 is 2.00 bits per heavy atom. The van der Waals surface area contributed by atoms with E-state index >= 15 is 0 Å². The van der Waals surface area contributed by atoms with Crippen molar-refractivity contribution < 1.29 is 4.79 Å². The largest absolute Gasteiger partial charge is 0.322 e. The summed E-state index contributed by atoms with van der Waals surface area (Å²) in [7, 11) is 1.75. The second kappa shape index (κ2) is 5.60. The Balaban J connectivity index is 2.07. The molecule has 5 nitrogen and oxygen atoms in total. The van der Waals surface area contributed by atoms with Gasteiger partial charge in [-0.05, 0) is 18.6 Å². The fourth-order valence-corrected chi connectivity index (χ4v) is 2.44. The second-order valence-electron chi connectivity index (χ2n) is 5.35. The lowest BCUT2D eigenvalue weighted by molar-refractivity contribution is -0.116. The van der Waals surface area contributed by atoms with Crippen LogP contribution in [0.2, 0.25) is 0 Å². The number of aryl methyl sites for hydroxylation is 1. The minimum atomic E-state index is -0.0213. The molecule has 0 N–H and O–H groups in total. The third-order valence-corrected chi connectivity index (χ3v) is 3.83. The summed E-state index contributed by atoms with van der Waals surface area (Å²) in [6, 6.07) is 12.2. The van der Waals surface area contributed by atoms with Gasteiger partial charge in [-0.2, -0.15) is 0 Å². The van der Waals surface area contributed by atoms with Gasteiger partial charge in [0.15, 0.2) is 5.65 Å². The molecule has 0 spiro atoms. The zero-order valence-electron chi connectivity index (χ0n) is 12.9. The van der Waals surface area contributed by atoms with Crippen LogP contribution in [-0.2, 0) is 11.3 Å². The van der Waals surface area contributed by atoms with Crippen LogP contribution in [0.3, 0.4) is 0 Å². The lowest BCUT2D eigenvalue weighted by Crippen LogP contribution is -2.22. The number of rotatable bonds is 3. The molecule has 0 atom stereocenters. The molecular formula is C17H18N4O. The van der Waals surface area contributed by atoms with Gasteiger partial charge < -0.3 is 9.47 Å². The van der Waals surface area contributed by atoms with Gasteiger partial charge >= 0.3 is 0 Å². The van der Waals surface area contributed by atoms with E-state index in [1.807, 2.05) is 31.2 Å². The molecule has 0 aliphatic heterocycles. The molecule has 0 saturated carbocycles. The Morgan fingerprint density at radius 1 is 1.27 bits per heavy atom. The number of nitrogens with zero attached hydrogens (tertiary/aromatic N) is 4. The summed E-state index contributed by atoms with van der Waals surface area (Å²) in [5, 5.41) is 0. The smallest absolute Gasteiger partial charge is 0.223 e. The first-order valence-electron chi connectivity index (χ1n) is 7.17. The fraction of sp³-hybridized carbons (Fsp3) is 0.235. The summed E-state index contributed by atoms with van der Waals surface area (Å²) in [4.78, 5) is 22.0. The number of carbonyl (C=O) groups is 1. The molecule has 3 rings (SSSR count). The zero-order valence-corrected chi connectivity index (χ0v) is 12.9. The SMILES string of the molecule is CC(=O)N(C)c1cnc2nc(C)n(Cc3ccccc3)c2c1. The van der Waals surface area contributed by atoms with Crippen molar-refractivity contribution in [3.63, 3.8) is 0 Å². The first-order chi connectivity index (χ1) is 10.6. The number of fused-ring (bicyclic) bond motifs is 1. The Labute approximate surface area is 129 Å². The lowest BCUT2D eigenvalue weighted by atomic mass is 10.2. The van der Waals surface area contributed by atoms with E-state index in [0.29, 0.717) is 5.65 Å². The van der Waals surface area contributed by atoms with E-state index in [9.17, 15) is 4.79 Å². The Morgan fingerprint density at radius 3 is 2.68 bits per heavy atom. The molecule has 5 heteroatoms. The van der Waals surface area contributed by atoms with Gasteiger partial charge in [0.2, 0.25) is 5.91 Å². The minimum absolute atomic E-state index is 0.0213. The van der Waals surface area contributed by atoms with Crippen molar-refractivity contribution in [3.05, 3.63) is 54.0 Å². The molecule has 112 valence electrons. The van der Waals surface area contributed by atoms with E-state index in [1.54, 1.807) is 18.1 Å². The predicted octanol–water partition coefficient (Wildman–Crippen LogP) is 2.77. The Kier molecular flexibility index (Phi) is 3.63. The minimum Gasteiger partial charge on any atom is -0.322 e. The standard InChI is InChI=1S/C17H18N4O/c1-12-19-17-16(9-15(10-18-17)20(3)13(2)22)21(12)11-14-7-5-4-6-8-14/h4-10H,11H2,1-3H3. The number of hydrogen-bond donors (Lipinski definition) is 0. The van der Waals surface area contributed by atoms with Gasteiger partial charge in [-0.3, -0.25) is 4.79 Å². The van der Waals surface area contributed by atoms with Gasteiger partial charge in [0.05, 0.1) is 17.4 Å². The van der Waals surface area contributed by atoms with Gasteiger partial charge in [0.1, 0.15) is 5.82 Å². The molecule has 1 aromatic carbocycles. The van der Waals surface area contributed by atoms with Gasteiger partial charge in [-0.15, -0.1) is 0 Å². The van der Waals surface area contributed by atoms with Crippen molar-refractivity contribution in [1.82, 2.24) is 14.5 Å². The summed E-state index contributed by atoms with van der Waals surface area (Å²) >= 11 is 0. The highest BCUT2D eigenvalue weighted by Crippen LogP contribution is 2.21. The molecular weight excluding hydrogens is 276 g/mol. The van der Waals surface area contributed by atoms with Crippen LogP contribution in [0.1, 0.15) is 18.3 Å². The summed E-state index contributed by atoms with van der Waals surface area (Å²) in [5.74, 6) is 0.890. The van der Waals surface area contributed by atoms with E-state index in [0.717, 1.165) is 23.6 Å². The van der Waals surface area contributed by atoms with Crippen LogP contribution in [0.5, 0.6) is 0 Å². The normalized spacial score (nSPS) is 10.9. The van der Waals surface area contributed by atoms with Gasteiger partial charge in [-0.25, -0.2) is 9.97 Å². The molecule has 22 heavy (non-hydrogen) atoms. The monoisotopic (exact) mass is 294 g/mol.